The molecule has 0 aliphatic heterocycles. The molecule has 1 fully saturated rings. The summed E-state index contributed by atoms with van der Waals surface area (Å²) in [6, 6.07) is 2.35. The summed E-state index contributed by atoms with van der Waals surface area (Å²) in [6.07, 6.45) is 5.86. The monoisotopic (exact) mass is 495 g/mol. The fourth-order valence-corrected chi connectivity index (χ4v) is 6.58. The third-order valence-electron chi connectivity index (χ3n) is 8.18. The van der Waals surface area contributed by atoms with Crippen molar-refractivity contribution in [3.05, 3.63) is 23.7 Å². The molecule has 1 aliphatic carbocycles. The molecule has 0 spiro atoms. The van der Waals surface area contributed by atoms with Crippen LogP contribution in [0.25, 0.3) is 11.0 Å². The van der Waals surface area contributed by atoms with Crippen molar-refractivity contribution in [2.24, 2.45) is 5.92 Å². The maximum absolute atomic E-state index is 6.99. The van der Waals surface area contributed by atoms with Crippen LogP contribution in [0, 0.1) is 5.92 Å². The Morgan fingerprint density at radius 2 is 1.62 bits per heavy atom. The Hall–Kier alpha value is -0.736. The Labute approximate surface area is 201 Å². The van der Waals surface area contributed by atoms with Gasteiger partial charge in [0, 0.05) is 24.8 Å². The molecule has 2 aromatic heterocycles. The molecule has 3 rings (SSSR count). The normalized spacial score (nSPS) is 23.3. The molecular formula is C24H42ClN3O2Si2. The van der Waals surface area contributed by atoms with E-state index in [1.165, 1.54) is 0 Å². The third-order valence-corrected chi connectivity index (χ3v) is 17.5. The van der Waals surface area contributed by atoms with Gasteiger partial charge in [-0.2, -0.15) is 0 Å². The van der Waals surface area contributed by atoms with Gasteiger partial charge in [-0.1, -0.05) is 53.1 Å². The van der Waals surface area contributed by atoms with E-state index in [4.69, 9.17) is 20.5 Å². The number of hydrogen-bond acceptors (Lipinski definition) is 4. The van der Waals surface area contributed by atoms with Gasteiger partial charge in [-0.05, 0) is 55.2 Å². The van der Waals surface area contributed by atoms with Crippen LogP contribution < -0.4 is 0 Å². The summed E-state index contributed by atoms with van der Waals surface area (Å²) in [6.45, 7) is 24.0. The largest absolute Gasteiger partial charge is 0.416 e. The Bertz CT molecular complexity index is 947. The predicted molar refractivity (Wildman–Crippen MR) is 140 cm³/mol. The number of fused-ring (bicyclic) bond motifs is 1. The first-order valence-corrected chi connectivity index (χ1v) is 18.0. The summed E-state index contributed by atoms with van der Waals surface area (Å²) in [7, 11) is -3.73. The molecule has 0 bridgehead atoms. The van der Waals surface area contributed by atoms with E-state index in [9.17, 15) is 0 Å². The highest BCUT2D eigenvalue weighted by Gasteiger charge is 2.46. The minimum Gasteiger partial charge on any atom is -0.416 e. The van der Waals surface area contributed by atoms with Crippen molar-refractivity contribution in [1.82, 2.24) is 14.5 Å². The van der Waals surface area contributed by atoms with Crippen molar-refractivity contribution >= 4 is 39.3 Å². The van der Waals surface area contributed by atoms with Crippen LogP contribution >= 0.6 is 11.6 Å². The molecule has 2 aromatic rings. The third kappa shape index (κ3) is 5.17. The minimum absolute atomic E-state index is 0.177. The zero-order valence-corrected chi connectivity index (χ0v) is 24.4. The molecule has 3 atom stereocenters. The molecule has 8 heteroatoms. The van der Waals surface area contributed by atoms with Crippen molar-refractivity contribution in [2.75, 3.05) is 6.61 Å². The van der Waals surface area contributed by atoms with Gasteiger partial charge in [0.05, 0.1) is 11.5 Å². The Morgan fingerprint density at radius 1 is 1.00 bits per heavy atom. The van der Waals surface area contributed by atoms with Gasteiger partial charge >= 0.3 is 0 Å². The molecule has 180 valence electrons. The van der Waals surface area contributed by atoms with Crippen LogP contribution in [-0.4, -0.2) is 43.9 Å². The van der Waals surface area contributed by atoms with Crippen molar-refractivity contribution in [2.45, 2.75) is 103 Å². The van der Waals surface area contributed by atoms with E-state index in [-0.39, 0.29) is 16.2 Å². The lowest BCUT2D eigenvalue weighted by molar-refractivity contribution is 0.101. The topological polar surface area (TPSA) is 49.2 Å². The molecule has 0 radical (unpaired) electrons. The van der Waals surface area contributed by atoms with Gasteiger partial charge in [-0.15, -0.1) is 0 Å². The van der Waals surface area contributed by atoms with Gasteiger partial charge in [-0.25, -0.2) is 9.97 Å². The minimum atomic E-state index is -1.90. The molecule has 5 nitrogen and oxygen atoms in total. The lowest BCUT2D eigenvalue weighted by Crippen LogP contribution is -2.46. The molecule has 1 aliphatic rings. The van der Waals surface area contributed by atoms with Crippen LogP contribution in [0.5, 0.6) is 0 Å². The first-order chi connectivity index (χ1) is 14.5. The predicted octanol–water partition coefficient (Wildman–Crippen LogP) is 7.45. The first kappa shape index (κ1) is 25.9. The maximum atomic E-state index is 6.99. The second-order valence-corrected chi connectivity index (χ2v) is 22.4. The molecule has 1 saturated carbocycles. The number of halogens is 1. The molecule has 0 saturated heterocycles. The van der Waals surface area contributed by atoms with Crippen molar-refractivity contribution in [3.8, 4) is 0 Å². The number of nitrogens with zero attached hydrogens (tertiary/aromatic N) is 3. The summed E-state index contributed by atoms with van der Waals surface area (Å²) < 4.78 is 16.0. The van der Waals surface area contributed by atoms with Crippen LogP contribution in [0.3, 0.4) is 0 Å². The molecule has 0 amide bonds. The second-order valence-electron chi connectivity index (χ2n) is 12.5. The number of hydrogen-bond donors (Lipinski definition) is 0. The Morgan fingerprint density at radius 3 is 2.22 bits per heavy atom. The number of rotatable bonds is 6. The standard InChI is InChI=1S/C24H42ClN3O2Si2/c1-23(2,3)31(7,8)29-15-17-13-18(14-20(17)30-32(9,10)24(4,5)6)28-12-11-19-21(25)26-16-27-22(19)28/h11-12,16-18,20H,13-15H2,1-10H3/t17-,18+,20-/m0/s1. The summed E-state index contributed by atoms with van der Waals surface area (Å²) in [5.41, 5.74) is 0.909. The molecule has 2 heterocycles. The molecule has 0 unspecified atom stereocenters. The van der Waals surface area contributed by atoms with Gasteiger partial charge in [-0.3, -0.25) is 0 Å². The van der Waals surface area contributed by atoms with Crippen LogP contribution in [0.15, 0.2) is 18.6 Å². The summed E-state index contributed by atoms with van der Waals surface area (Å²) in [4.78, 5) is 8.68. The van der Waals surface area contributed by atoms with E-state index in [1.807, 2.05) is 6.07 Å². The lowest BCUT2D eigenvalue weighted by Gasteiger charge is -2.41. The van der Waals surface area contributed by atoms with E-state index < -0.39 is 16.6 Å². The van der Waals surface area contributed by atoms with Crippen molar-refractivity contribution in [3.63, 3.8) is 0 Å². The highest BCUT2D eigenvalue weighted by atomic mass is 35.5. The van der Waals surface area contributed by atoms with Crippen LogP contribution in [0.2, 0.25) is 41.4 Å². The highest BCUT2D eigenvalue weighted by molar-refractivity contribution is 6.74. The zero-order valence-electron chi connectivity index (χ0n) is 21.6. The van der Waals surface area contributed by atoms with Crippen LogP contribution in [0.1, 0.15) is 60.4 Å². The van der Waals surface area contributed by atoms with Gasteiger partial charge in [0.25, 0.3) is 0 Å². The fraction of sp³-hybridized carbons (Fsp3) is 0.750. The highest BCUT2D eigenvalue weighted by Crippen LogP contribution is 2.45. The average molecular weight is 496 g/mol. The molecule has 0 aromatic carbocycles. The lowest BCUT2D eigenvalue weighted by atomic mass is 10.1. The Balaban J connectivity index is 1.87. The molecule has 32 heavy (non-hydrogen) atoms. The molecule has 0 N–H and O–H groups in total. The SMILES string of the molecule is CC(C)(C)[Si](C)(C)OC[C@@H]1C[C@@H](n2ccc3c(Cl)ncnc32)C[C@@H]1O[Si](C)(C)C(C)(C)C. The van der Waals surface area contributed by atoms with E-state index >= 15 is 0 Å². The zero-order chi connectivity index (χ0) is 24.1. The molecular weight excluding hydrogens is 454 g/mol. The van der Waals surface area contributed by atoms with Crippen molar-refractivity contribution in [1.29, 1.82) is 0 Å². The van der Waals surface area contributed by atoms with E-state index in [1.54, 1.807) is 6.33 Å². The quantitative estimate of drug-likeness (QED) is 0.308. The van der Waals surface area contributed by atoms with Crippen molar-refractivity contribution < 1.29 is 8.85 Å². The first-order valence-electron chi connectivity index (χ1n) is 11.8. The fourth-order valence-electron chi connectivity index (χ4n) is 3.93. The number of aromatic nitrogens is 3. The van der Waals surface area contributed by atoms with E-state index in [0.29, 0.717) is 17.1 Å². The van der Waals surface area contributed by atoms with Crippen LogP contribution in [0.4, 0.5) is 0 Å². The Kier molecular flexibility index (Phi) is 7.12. The summed E-state index contributed by atoms with van der Waals surface area (Å²) in [5.74, 6) is 0.373. The van der Waals surface area contributed by atoms with Gasteiger partial charge in [0.2, 0.25) is 0 Å². The van der Waals surface area contributed by atoms with Gasteiger partial charge in [0.15, 0.2) is 16.6 Å². The summed E-state index contributed by atoms with van der Waals surface area (Å²) >= 11 is 6.32. The smallest absolute Gasteiger partial charge is 0.192 e. The van der Waals surface area contributed by atoms with Crippen LogP contribution in [-0.2, 0) is 8.85 Å². The van der Waals surface area contributed by atoms with Gasteiger partial charge in [0.1, 0.15) is 17.1 Å². The van der Waals surface area contributed by atoms with Gasteiger partial charge < -0.3 is 13.4 Å². The summed E-state index contributed by atoms with van der Waals surface area (Å²) in [5, 5.41) is 1.80. The second kappa shape index (κ2) is 8.80. The van der Waals surface area contributed by atoms with E-state index in [2.05, 4.69) is 88.5 Å². The van der Waals surface area contributed by atoms with E-state index in [0.717, 1.165) is 30.5 Å². The average Bonchev–Trinajstić information content (AvgIpc) is 3.22. The maximum Gasteiger partial charge on any atom is 0.192 e.